The van der Waals surface area contributed by atoms with Crippen LogP contribution in [0.2, 0.25) is 10.0 Å². The highest BCUT2D eigenvalue weighted by molar-refractivity contribution is 6.38. The molecule has 3 aromatic carbocycles. The zero-order valence-corrected chi connectivity index (χ0v) is 18.7. The maximum absolute atomic E-state index is 13.7. The van der Waals surface area contributed by atoms with Gasteiger partial charge in [-0.1, -0.05) is 78.7 Å². The fourth-order valence-electron chi connectivity index (χ4n) is 3.86. The number of halogens is 3. The van der Waals surface area contributed by atoms with E-state index in [1.165, 1.54) is 12.1 Å². The van der Waals surface area contributed by atoms with Gasteiger partial charge in [0.25, 0.3) is 0 Å². The molecule has 0 bridgehead atoms. The van der Waals surface area contributed by atoms with E-state index >= 15 is 0 Å². The number of hydrogen-bond donors (Lipinski definition) is 1. The lowest BCUT2D eigenvalue weighted by Gasteiger charge is -2.19. The highest BCUT2D eigenvalue weighted by Crippen LogP contribution is 2.41. The summed E-state index contributed by atoms with van der Waals surface area (Å²) in [5, 5.41) is 8.91. The Bertz CT molecular complexity index is 1300. The third-order valence-electron chi connectivity index (χ3n) is 5.30. The predicted molar refractivity (Wildman–Crippen MR) is 130 cm³/mol. The first-order chi connectivity index (χ1) is 15.0. The molecule has 0 spiro atoms. The molecule has 156 valence electrons. The van der Waals surface area contributed by atoms with E-state index in [9.17, 15) is 4.39 Å². The van der Waals surface area contributed by atoms with Crippen LogP contribution >= 0.6 is 23.2 Å². The van der Waals surface area contributed by atoms with Gasteiger partial charge >= 0.3 is 0 Å². The van der Waals surface area contributed by atoms with Gasteiger partial charge in [0.1, 0.15) is 5.82 Å². The van der Waals surface area contributed by atoms with Crippen molar-refractivity contribution in [3.8, 4) is 0 Å². The summed E-state index contributed by atoms with van der Waals surface area (Å²) in [5.74, 6) is -0.362. The SMILES string of the molecule is C/C=C/c1ccc(/C(=C(/CC)c2ccc(F)cc2Cl)c2ccc3[nH]ncc3c2Cl)cc1. The van der Waals surface area contributed by atoms with Crippen molar-refractivity contribution in [2.24, 2.45) is 0 Å². The molecule has 0 amide bonds. The molecule has 0 radical (unpaired) electrons. The molecule has 5 heteroatoms. The summed E-state index contributed by atoms with van der Waals surface area (Å²) in [7, 11) is 0. The monoisotopic (exact) mass is 450 g/mol. The second-order valence-corrected chi connectivity index (χ2v) is 8.00. The largest absolute Gasteiger partial charge is 0.278 e. The smallest absolute Gasteiger partial charge is 0.124 e. The molecule has 1 heterocycles. The van der Waals surface area contributed by atoms with Crippen LogP contribution in [0.5, 0.6) is 0 Å². The summed E-state index contributed by atoms with van der Waals surface area (Å²) in [6.07, 6.45) is 6.47. The summed E-state index contributed by atoms with van der Waals surface area (Å²) in [6, 6.07) is 16.8. The quantitative estimate of drug-likeness (QED) is 0.303. The molecular weight excluding hydrogens is 430 g/mol. The van der Waals surface area contributed by atoms with Crippen LogP contribution in [0.15, 0.2) is 66.9 Å². The molecule has 2 nitrogen and oxygen atoms in total. The van der Waals surface area contributed by atoms with Crippen molar-refractivity contribution in [1.82, 2.24) is 10.2 Å². The number of aromatic amines is 1. The first-order valence-electron chi connectivity index (χ1n) is 10.1. The van der Waals surface area contributed by atoms with Crippen molar-refractivity contribution in [2.75, 3.05) is 0 Å². The van der Waals surface area contributed by atoms with Crippen molar-refractivity contribution in [1.29, 1.82) is 0 Å². The van der Waals surface area contributed by atoms with Crippen LogP contribution in [-0.2, 0) is 0 Å². The molecule has 0 atom stereocenters. The van der Waals surface area contributed by atoms with Crippen LogP contribution in [0, 0.1) is 5.82 Å². The van der Waals surface area contributed by atoms with Crippen LogP contribution in [0.4, 0.5) is 4.39 Å². The molecule has 4 aromatic rings. The van der Waals surface area contributed by atoms with Crippen LogP contribution in [0.1, 0.15) is 42.5 Å². The molecule has 0 fully saturated rings. The Morgan fingerprint density at radius 2 is 1.77 bits per heavy atom. The van der Waals surface area contributed by atoms with Crippen molar-refractivity contribution in [2.45, 2.75) is 20.3 Å². The van der Waals surface area contributed by atoms with E-state index in [0.717, 1.165) is 44.3 Å². The maximum atomic E-state index is 13.7. The Morgan fingerprint density at radius 1 is 1.03 bits per heavy atom. The minimum Gasteiger partial charge on any atom is -0.278 e. The fourth-order valence-corrected chi connectivity index (χ4v) is 4.45. The van der Waals surface area contributed by atoms with Crippen LogP contribution in [0.25, 0.3) is 28.1 Å². The molecule has 0 saturated heterocycles. The number of fused-ring (bicyclic) bond motifs is 1. The van der Waals surface area contributed by atoms with Crippen LogP contribution in [0.3, 0.4) is 0 Å². The number of allylic oxidation sites excluding steroid dienone is 2. The third-order valence-corrected chi connectivity index (χ3v) is 6.02. The Labute approximate surface area is 191 Å². The van der Waals surface area contributed by atoms with Gasteiger partial charge in [0.2, 0.25) is 0 Å². The van der Waals surface area contributed by atoms with Crippen molar-refractivity contribution in [3.05, 3.63) is 105 Å². The number of benzene rings is 3. The predicted octanol–water partition coefficient (Wildman–Crippen LogP) is 8.41. The van der Waals surface area contributed by atoms with E-state index in [-0.39, 0.29) is 5.82 Å². The van der Waals surface area contributed by atoms with E-state index < -0.39 is 0 Å². The van der Waals surface area contributed by atoms with Gasteiger partial charge < -0.3 is 0 Å². The summed E-state index contributed by atoms with van der Waals surface area (Å²) in [6.45, 7) is 4.05. The lowest BCUT2D eigenvalue weighted by atomic mass is 9.87. The molecule has 31 heavy (non-hydrogen) atoms. The number of rotatable bonds is 5. The molecular formula is C26H21Cl2FN2. The van der Waals surface area contributed by atoms with E-state index in [1.807, 2.05) is 25.1 Å². The summed E-state index contributed by atoms with van der Waals surface area (Å²) >= 11 is 13.3. The number of hydrogen-bond acceptors (Lipinski definition) is 1. The topological polar surface area (TPSA) is 28.7 Å². The molecule has 0 aliphatic rings. The number of H-pyrrole nitrogens is 1. The first kappa shape index (κ1) is 21.4. The molecule has 0 aliphatic carbocycles. The van der Waals surface area contributed by atoms with E-state index in [0.29, 0.717) is 16.5 Å². The van der Waals surface area contributed by atoms with Gasteiger partial charge in [-0.05, 0) is 59.4 Å². The van der Waals surface area contributed by atoms with Crippen LogP contribution < -0.4 is 0 Å². The van der Waals surface area contributed by atoms with Crippen molar-refractivity contribution >= 4 is 51.3 Å². The second-order valence-electron chi connectivity index (χ2n) is 7.21. The Hall–Kier alpha value is -2.88. The fraction of sp³-hybridized carbons (Fsp3) is 0.115. The highest BCUT2D eigenvalue weighted by atomic mass is 35.5. The first-order valence-corrected chi connectivity index (χ1v) is 10.8. The standard InChI is InChI=1S/C26H21Cl2FN2/c1-3-5-16-6-8-17(9-7-16)25(19(4-2)20-11-10-18(29)14-23(20)27)21-12-13-24-22(26(21)28)15-30-31-24/h3,5-15H,4H2,1-2H3,(H,30,31)/b5-3+,25-19+. The number of nitrogens with one attached hydrogen (secondary N) is 1. The minimum absolute atomic E-state index is 0.362. The Balaban J connectivity index is 2.03. The summed E-state index contributed by atoms with van der Waals surface area (Å²) in [5.41, 5.74) is 6.63. The van der Waals surface area contributed by atoms with Crippen molar-refractivity contribution < 1.29 is 4.39 Å². The Morgan fingerprint density at radius 3 is 2.45 bits per heavy atom. The molecule has 0 saturated carbocycles. The highest BCUT2D eigenvalue weighted by Gasteiger charge is 2.19. The average Bonchev–Trinajstić information content (AvgIpc) is 3.24. The van der Waals surface area contributed by atoms with Crippen molar-refractivity contribution in [3.63, 3.8) is 0 Å². The lowest BCUT2D eigenvalue weighted by Crippen LogP contribution is -1.97. The average molecular weight is 451 g/mol. The minimum atomic E-state index is -0.362. The zero-order chi connectivity index (χ0) is 22.0. The summed E-state index contributed by atoms with van der Waals surface area (Å²) < 4.78 is 13.7. The van der Waals surface area contributed by atoms with Gasteiger partial charge in [-0.3, -0.25) is 5.10 Å². The zero-order valence-electron chi connectivity index (χ0n) is 17.2. The van der Waals surface area contributed by atoms with Gasteiger partial charge in [0, 0.05) is 10.9 Å². The summed E-state index contributed by atoms with van der Waals surface area (Å²) in [4.78, 5) is 0. The lowest BCUT2D eigenvalue weighted by molar-refractivity contribution is 0.628. The Kier molecular flexibility index (Phi) is 6.26. The van der Waals surface area contributed by atoms with Gasteiger partial charge in [-0.25, -0.2) is 4.39 Å². The molecule has 1 aromatic heterocycles. The second kappa shape index (κ2) is 9.09. The van der Waals surface area contributed by atoms with E-state index in [4.69, 9.17) is 23.2 Å². The van der Waals surface area contributed by atoms with Gasteiger partial charge in [0.15, 0.2) is 0 Å². The maximum Gasteiger partial charge on any atom is 0.124 e. The molecule has 1 N–H and O–H groups in total. The molecule has 0 unspecified atom stereocenters. The van der Waals surface area contributed by atoms with Gasteiger partial charge in [-0.15, -0.1) is 0 Å². The number of nitrogens with zero attached hydrogens (tertiary/aromatic N) is 1. The van der Waals surface area contributed by atoms with Gasteiger partial charge in [-0.2, -0.15) is 5.10 Å². The number of aromatic nitrogens is 2. The van der Waals surface area contributed by atoms with Crippen LogP contribution in [-0.4, -0.2) is 10.2 Å². The van der Waals surface area contributed by atoms with E-state index in [1.54, 1.807) is 12.3 Å². The molecule has 0 aliphatic heterocycles. The van der Waals surface area contributed by atoms with E-state index in [2.05, 4.69) is 47.5 Å². The van der Waals surface area contributed by atoms with Gasteiger partial charge in [0.05, 0.1) is 21.8 Å². The molecule has 4 rings (SSSR count). The normalized spacial score (nSPS) is 12.5. The third kappa shape index (κ3) is 4.16.